The maximum absolute atomic E-state index is 12.2. The highest BCUT2D eigenvalue weighted by atomic mass is 19.4. The number of rotatable bonds is 2. The van der Waals surface area contributed by atoms with Gasteiger partial charge < -0.3 is 4.90 Å². The molecule has 0 aliphatic carbocycles. The summed E-state index contributed by atoms with van der Waals surface area (Å²) in [5, 5.41) is 0. The standard InChI is InChI=1S/C11H18F3NO/c1-8(2)6-9-4-3-5-15(7-9)10(16)11(12,13)14/h8-9H,3-7H2,1-2H3. The van der Waals surface area contributed by atoms with Crippen LogP contribution in [0.4, 0.5) is 13.2 Å². The minimum absolute atomic E-state index is 0.222. The van der Waals surface area contributed by atoms with Crippen molar-refractivity contribution >= 4 is 5.91 Å². The third kappa shape index (κ3) is 3.68. The van der Waals surface area contributed by atoms with Gasteiger partial charge in [0.15, 0.2) is 0 Å². The van der Waals surface area contributed by atoms with E-state index in [2.05, 4.69) is 0 Å². The van der Waals surface area contributed by atoms with Crippen LogP contribution in [0.5, 0.6) is 0 Å². The van der Waals surface area contributed by atoms with Gasteiger partial charge in [-0.1, -0.05) is 13.8 Å². The molecule has 1 rings (SSSR count). The van der Waals surface area contributed by atoms with Crippen molar-refractivity contribution in [2.75, 3.05) is 13.1 Å². The lowest BCUT2D eigenvalue weighted by molar-refractivity contribution is -0.187. The molecule has 1 amide bonds. The molecular formula is C11H18F3NO. The Bertz CT molecular complexity index is 250. The Balaban J connectivity index is 2.54. The average Bonchev–Trinajstić information content (AvgIpc) is 2.14. The second-order valence-electron chi connectivity index (χ2n) is 4.89. The van der Waals surface area contributed by atoms with E-state index in [0.29, 0.717) is 12.3 Å². The summed E-state index contributed by atoms with van der Waals surface area (Å²) in [4.78, 5) is 12.0. The third-order valence-corrected chi connectivity index (χ3v) is 2.85. The minimum atomic E-state index is -4.72. The lowest BCUT2D eigenvalue weighted by Gasteiger charge is -2.33. The van der Waals surface area contributed by atoms with Gasteiger partial charge in [0.05, 0.1) is 0 Å². The Morgan fingerprint density at radius 2 is 2.06 bits per heavy atom. The molecule has 1 heterocycles. The number of amides is 1. The monoisotopic (exact) mass is 237 g/mol. The van der Waals surface area contributed by atoms with E-state index in [9.17, 15) is 18.0 Å². The SMILES string of the molecule is CC(C)CC1CCCN(C(=O)C(F)(F)F)C1. The number of piperidine rings is 1. The first-order chi connectivity index (χ1) is 7.30. The summed E-state index contributed by atoms with van der Waals surface area (Å²) in [6, 6.07) is 0. The molecule has 1 atom stereocenters. The fourth-order valence-electron chi connectivity index (χ4n) is 2.29. The average molecular weight is 237 g/mol. The zero-order valence-electron chi connectivity index (χ0n) is 9.68. The molecule has 94 valence electrons. The second kappa shape index (κ2) is 5.06. The van der Waals surface area contributed by atoms with Gasteiger partial charge >= 0.3 is 12.1 Å². The number of carbonyl (C=O) groups is 1. The second-order valence-corrected chi connectivity index (χ2v) is 4.89. The molecule has 0 bridgehead atoms. The Labute approximate surface area is 93.8 Å². The topological polar surface area (TPSA) is 20.3 Å². The smallest absolute Gasteiger partial charge is 0.335 e. The summed E-state index contributed by atoms with van der Waals surface area (Å²) < 4.78 is 36.7. The van der Waals surface area contributed by atoms with Crippen molar-refractivity contribution in [1.82, 2.24) is 4.90 Å². The summed E-state index contributed by atoms with van der Waals surface area (Å²) in [7, 11) is 0. The van der Waals surface area contributed by atoms with Gasteiger partial charge in [0.2, 0.25) is 0 Å². The molecule has 0 aromatic heterocycles. The molecule has 0 N–H and O–H groups in total. The van der Waals surface area contributed by atoms with Crippen molar-refractivity contribution < 1.29 is 18.0 Å². The molecule has 1 aliphatic heterocycles. The van der Waals surface area contributed by atoms with Crippen LogP contribution in [0.15, 0.2) is 0 Å². The van der Waals surface area contributed by atoms with Crippen LogP contribution in [-0.2, 0) is 4.79 Å². The molecule has 1 unspecified atom stereocenters. The van der Waals surface area contributed by atoms with Crippen LogP contribution in [-0.4, -0.2) is 30.1 Å². The predicted molar refractivity (Wildman–Crippen MR) is 54.8 cm³/mol. The highest BCUT2D eigenvalue weighted by Gasteiger charge is 2.43. The van der Waals surface area contributed by atoms with Crippen molar-refractivity contribution in [1.29, 1.82) is 0 Å². The van der Waals surface area contributed by atoms with Crippen molar-refractivity contribution in [2.45, 2.75) is 39.3 Å². The number of carbonyl (C=O) groups excluding carboxylic acids is 1. The fraction of sp³-hybridized carbons (Fsp3) is 0.909. The van der Waals surface area contributed by atoms with E-state index in [1.165, 1.54) is 0 Å². The largest absolute Gasteiger partial charge is 0.471 e. The summed E-state index contributed by atoms with van der Waals surface area (Å²) in [5.74, 6) is -0.994. The highest BCUT2D eigenvalue weighted by Crippen LogP contribution is 2.26. The van der Waals surface area contributed by atoms with E-state index >= 15 is 0 Å². The Hall–Kier alpha value is -0.740. The van der Waals surface area contributed by atoms with E-state index in [-0.39, 0.29) is 19.0 Å². The van der Waals surface area contributed by atoms with Crippen LogP contribution in [0.2, 0.25) is 0 Å². The van der Waals surface area contributed by atoms with Gasteiger partial charge in [0.1, 0.15) is 0 Å². The number of nitrogens with zero attached hydrogens (tertiary/aromatic N) is 1. The third-order valence-electron chi connectivity index (χ3n) is 2.85. The van der Waals surface area contributed by atoms with Gasteiger partial charge in [-0.25, -0.2) is 0 Å². The summed E-state index contributed by atoms with van der Waals surface area (Å²) >= 11 is 0. The van der Waals surface area contributed by atoms with E-state index in [0.717, 1.165) is 17.7 Å². The van der Waals surface area contributed by atoms with Crippen molar-refractivity contribution in [3.63, 3.8) is 0 Å². The van der Waals surface area contributed by atoms with Crippen LogP contribution < -0.4 is 0 Å². The maximum atomic E-state index is 12.2. The first kappa shape index (κ1) is 13.3. The van der Waals surface area contributed by atoms with Crippen molar-refractivity contribution in [3.05, 3.63) is 0 Å². The molecule has 2 nitrogen and oxygen atoms in total. The van der Waals surface area contributed by atoms with Gasteiger partial charge in [-0.05, 0) is 31.1 Å². The van der Waals surface area contributed by atoms with E-state index in [1.807, 2.05) is 13.8 Å². The number of likely N-dealkylation sites (tertiary alicyclic amines) is 1. The molecule has 0 radical (unpaired) electrons. The molecule has 1 aliphatic rings. The number of alkyl halides is 3. The van der Waals surface area contributed by atoms with E-state index in [1.54, 1.807) is 0 Å². The number of hydrogen-bond donors (Lipinski definition) is 0. The van der Waals surface area contributed by atoms with Gasteiger partial charge in [0.25, 0.3) is 0 Å². The number of hydrogen-bond acceptors (Lipinski definition) is 1. The predicted octanol–water partition coefficient (Wildman–Crippen LogP) is 2.83. The highest BCUT2D eigenvalue weighted by molar-refractivity contribution is 5.81. The summed E-state index contributed by atoms with van der Waals surface area (Å²) in [6.45, 7) is 4.60. The molecular weight excluding hydrogens is 219 g/mol. The van der Waals surface area contributed by atoms with Gasteiger partial charge in [-0.3, -0.25) is 4.79 Å². The molecule has 1 fully saturated rings. The molecule has 16 heavy (non-hydrogen) atoms. The lowest BCUT2D eigenvalue weighted by atomic mass is 9.90. The van der Waals surface area contributed by atoms with Gasteiger partial charge in [-0.2, -0.15) is 13.2 Å². The fourth-order valence-corrected chi connectivity index (χ4v) is 2.29. The first-order valence-electron chi connectivity index (χ1n) is 5.66. The Morgan fingerprint density at radius 1 is 1.44 bits per heavy atom. The van der Waals surface area contributed by atoms with Crippen LogP contribution in [0.3, 0.4) is 0 Å². The van der Waals surface area contributed by atoms with Crippen LogP contribution in [0.25, 0.3) is 0 Å². The molecule has 1 saturated heterocycles. The van der Waals surface area contributed by atoms with Crippen LogP contribution in [0.1, 0.15) is 33.1 Å². The van der Waals surface area contributed by atoms with E-state index < -0.39 is 12.1 Å². The van der Waals surface area contributed by atoms with E-state index in [4.69, 9.17) is 0 Å². The molecule has 5 heteroatoms. The maximum Gasteiger partial charge on any atom is 0.471 e. The van der Waals surface area contributed by atoms with Crippen LogP contribution >= 0.6 is 0 Å². The summed E-state index contributed by atoms with van der Waals surface area (Å²) in [6.07, 6.45) is -2.22. The lowest BCUT2D eigenvalue weighted by Crippen LogP contribution is -2.46. The minimum Gasteiger partial charge on any atom is -0.335 e. The normalized spacial score (nSPS) is 22.6. The van der Waals surface area contributed by atoms with Gasteiger partial charge in [-0.15, -0.1) is 0 Å². The molecule has 0 aromatic carbocycles. The zero-order valence-corrected chi connectivity index (χ0v) is 9.68. The molecule has 0 aromatic rings. The Kier molecular flexibility index (Phi) is 4.21. The molecule has 0 saturated carbocycles. The quantitative estimate of drug-likeness (QED) is 0.723. The Morgan fingerprint density at radius 3 is 2.56 bits per heavy atom. The number of halogens is 3. The molecule has 0 spiro atoms. The summed E-state index contributed by atoms with van der Waals surface area (Å²) in [5.41, 5.74) is 0. The van der Waals surface area contributed by atoms with Crippen LogP contribution in [0, 0.1) is 11.8 Å². The zero-order chi connectivity index (χ0) is 12.3. The van der Waals surface area contributed by atoms with Gasteiger partial charge in [0, 0.05) is 13.1 Å². The van der Waals surface area contributed by atoms with Crippen molar-refractivity contribution in [2.24, 2.45) is 11.8 Å². The first-order valence-corrected chi connectivity index (χ1v) is 5.66. The van der Waals surface area contributed by atoms with Crippen molar-refractivity contribution in [3.8, 4) is 0 Å².